The lowest BCUT2D eigenvalue weighted by atomic mass is 9.99. The van der Waals surface area contributed by atoms with Crippen LogP contribution in [-0.4, -0.2) is 11.8 Å². The molecule has 0 N–H and O–H groups in total. The van der Waals surface area contributed by atoms with Crippen LogP contribution >= 0.6 is 15.9 Å². The molecule has 0 aliphatic carbocycles. The van der Waals surface area contributed by atoms with Gasteiger partial charge >= 0.3 is 0 Å². The van der Waals surface area contributed by atoms with Gasteiger partial charge in [-0.15, -0.1) is 0 Å². The lowest BCUT2D eigenvalue weighted by Crippen LogP contribution is -2.30. The number of halogens is 2. The third-order valence-electron chi connectivity index (χ3n) is 3.61. The molecule has 0 atom stereocenters. The highest BCUT2D eigenvalue weighted by atomic mass is 79.9. The first kappa shape index (κ1) is 13.9. The molecule has 0 fully saturated rings. The van der Waals surface area contributed by atoms with Gasteiger partial charge in [-0.25, -0.2) is 9.29 Å². The van der Waals surface area contributed by atoms with Crippen molar-refractivity contribution in [2.45, 2.75) is 13.8 Å². The van der Waals surface area contributed by atoms with E-state index in [0.29, 0.717) is 21.3 Å². The molecule has 1 aliphatic rings. The summed E-state index contributed by atoms with van der Waals surface area (Å²) in [5, 5.41) is 0. The third kappa shape index (κ3) is 2.00. The third-order valence-corrected chi connectivity index (χ3v) is 4.24. The van der Waals surface area contributed by atoms with Crippen LogP contribution in [0.5, 0.6) is 0 Å². The van der Waals surface area contributed by atoms with E-state index in [0.717, 1.165) is 16.0 Å². The molecule has 0 radical (unpaired) electrons. The summed E-state index contributed by atoms with van der Waals surface area (Å²) in [4.78, 5) is 26.3. The van der Waals surface area contributed by atoms with Crippen molar-refractivity contribution in [1.82, 2.24) is 0 Å². The van der Waals surface area contributed by atoms with E-state index < -0.39 is 5.82 Å². The molecule has 2 amide bonds. The highest BCUT2D eigenvalue weighted by Crippen LogP contribution is 2.36. The van der Waals surface area contributed by atoms with Gasteiger partial charge in [0.05, 0.1) is 16.8 Å². The smallest absolute Gasteiger partial charge is 0.266 e. The molecule has 2 aromatic carbocycles. The van der Waals surface area contributed by atoms with E-state index in [9.17, 15) is 14.0 Å². The summed E-state index contributed by atoms with van der Waals surface area (Å²) >= 11 is 3.21. The zero-order valence-electron chi connectivity index (χ0n) is 11.4. The Morgan fingerprint density at radius 2 is 1.48 bits per heavy atom. The number of hydrogen-bond donors (Lipinski definition) is 0. The van der Waals surface area contributed by atoms with Crippen LogP contribution in [0.2, 0.25) is 0 Å². The summed E-state index contributed by atoms with van der Waals surface area (Å²) < 4.78 is 13.6. The lowest BCUT2D eigenvalue weighted by Gasteiger charge is -2.15. The predicted molar refractivity (Wildman–Crippen MR) is 81.2 cm³/mol. The highest BCUT2D eigenvalue weighted by Gasteiger charge is 2.39. The molecule has 0 saturated carbocycles. The number of amides is 2. The first-order valence-electron chi connectivity index (χ1n) is 6.36. The van der Waals surface area contributed by atoms with E-state index in [4.69, 9.17) is 0 Å². The molecule has 0 bridgehead atoms. The second-order valence-corrected chi connectivity index (χ2v) is 5.85. The summed E-state index contributed by atoms with van der Waals surface area (Å²) in [6, 6.07) is 7.53. The Hall–Kier alpha value is -2.01. The normalized spacial score (nSPS) is 13.8. The van der Waals surface area contributed by atoms with Gasteiger partial charge in [-0.05, 0) is 59.1 Å². The first-order valence-corrected chi connectivity index (χ1v) is 7.15. The van der Waals surface area contributed by atoms with Gasteiger partial charge in [-0.3, -0.25) is 9.59 Å². The fraction of sp³-hybridized carbons (Fsp3) is 0.125. The van der Waals surface area contributed by atoms with Crippen molar-refractivity contribution < 1.29 is 14.0 Å². The van der Waals surface area contributed by atoms with E-state index in [1.807, 2.05) is 12.1 Å². The Balaban J connectivity index is 2.21. The molecule has 0 unspecified atom stereocenters. The Morgan fingerprint density at radius 3 is 1.95 bits per heavy atom. The van der Waals surface area contributed by atoms with Gasteiger partial charge in [0.2, 0.25) is 0 Å². The summed E-state index contributed by atoms with van der Waals surface area (Å²) in [6.45, 7) is 3.60. The van der Waals surface area contributed by atoms with Gasteiger partial charge in [-0.2, -0.15) is 0 Å². The van der Waals surface area contributed by atoms with E-state index in [1.54, 1.807) is 13.8 Å². The number of fused-ring (bicyclic) bond motifs is 1. The molecule has 106 valence electrons. The molecule has 5 heteroatoms. The average molecular weight is 348 g/mol. The van der Waals surface area contributed by atoms with Gasteiger partial charge in [-0.1, -0.05) is 12.1 Å². The fourth-order valence-electron chi connectivity index (χ4n) is 2.56. The molecule has 2 aromatic rings. The SMILES string of the molecule is Cc1ccc(C)c2c1C(=O)N(c1ccc(F)cc1Br)C2=O. The average Bonchev–Trinajstić information content (AvgIpc) is 2.68. The standard InChI is InChI=1S/C16H11BrFNO2/c1-8-3-4-9(2)14-13(8)15(20)19(16(14)21)12-6-5-10(18)7-11(12)17/h3-7H,1-2H3. The van der Waals surface area contributed by atoms with Crippen molar-refractivity contribution in [3.63, 3.8) is 0 Å². The number of nitrogens with zero attached hydrogens (tertiary/aromatic N) is 1. The van der Waals surface area contributed by atoms with Crippen LogP contribution in [0.15, 0.2) is 34.8 Å². The van der Waals surface area contributed by atoms with Crippen LogP contribution in [0.1, 0.15) is 31.8 Å². The first-order chi connectivity index (χ1) is 9.91. The zero-order chi connectivity index (χ0) is 15.3. The number of carbonyl (C=O) groups excluding carboxylic acids is 2. The maximum Gasteiger partial charge on any atom is 0.266 e. The quantitative estimate of drug-likeness (QED) is 0.731. The number of hydrogen-bond acceptors (Lipinski definition) is 2. The molecule has 3 rings (SSSR count). The van der Waals surface area contributed by atoms with Crippen molar-refractivity contribution in [1.29, 1.82) is 0 Å². The second kappa shape index (κ2) is 4.77. The van der Waals surface area contributed by atoms with E-state index in [2.05, 4.69) is 15.9 Å². The van der Waals surface area contributed by atoms with Crippen molar-refractivity contribution in [3.8, 4) is 0 Å². The van der Waals surface area contributed by atoms with Crippen molar-refractivity contribution in [2.24, 2.45) is 0 Å². The van der Waals surface area contributed by atoms with Crippen LogP contribution in [0.4, 0.5) is 10.1 Å². The summed E-state index contributed by atoms with van der Waals surface area (Å²) in [5.74, 6) is -1.18. The summed E-state index contributed by atoms with van der Waals surface area (Å²) in [5.41, 5.74) is 2.72. The Bertz CT molecular complexity index is 760. The fourth-order valence-corrected chi connectivity index (χ4v) is 3.09. The predicted octanol–water partition coefficient (Wildman–Crippen LogP) is 4.01. The van der Waals surface area contributed by atoms with Gasteiger partial charge < -0.3 is 0 Å². The Labute approximate surface area is 129 Å². The highest BCUT2D eigenvalue weighted by molar-refractivity contribution is 9.10. The van der Waals surface area contributed by atoms with Crippen molar-refractivity contribution >= 4 is 33.4 Å². The van der Waals surface area contributed by atoms with Gasteiger partial charge in [0.15, 0.2) is 0 Å². The largest absolute Gasteiger partial charge is 0.268 e. The molecule has 0 saturated heterocycles. The van der Waals surface area contributed by atoms with Crippen LogP contribution in [0.25, 0.3) is 0 Å². The van der Waals surface area contributed by atoms with Crippen LogP contribution in [-0.2, 0) is 0 Å². The van der Waals surface area contributed by atoms with Gasteiger partial charge in [0.25, 0.3) is 11.8 Å². The van der Waals surface area contributed by atoms with Gasteiger partial charge in [0.1, 0.15) is 5.82 Å². The monoisotopic (exact) mass is 347 g/mol. The molecule has 21 heavy (non-hydrogen) atoms. The number of rotatable bonds is 1. The van der Waals surface area contributed by atoms with E-state index in [1.165, 1.54) is 18.2 Å². The van der Waals surface area contributed by atoms with Crippen molar-refractivity contribution in [2.75, 3.05) is 4.90 Å². The minimum atomic E-state index is -0.436. The van der Waals surface area contributed by atoms with E-state index in [-0.39, 0.29) is 11.8 Å². The molecule has 1 aliphatic heterocycles. The van der Waals surface area contributed by atoms with E-state index >= 15 is 0 Å². The zero-order valence-corrected chi connectivity index (χ0v) is 13.0. The second-order valence-electron chi connectivity index (χ2n) is 4.99. The summed E-state index contributed by atoms with van der Waals surface area (Å²) in [7, 11) is 0. The van der Waals surface area contributed by atoms with Crippen LogP contribution < -0.4 is 4.90 Å². The van der Waals surface area contributed by atoms with Crippen molar-refractivity contribution in [3.05, 3.63) is 62.9 Å². The van der Waals surface area contributed by atoms with Crippen LogP contribution in [0, 0.1) is 19.7 Å². The topological polar surface area (TPSA) is 37.4 Å². The minimum absolute atomic E-state index is 0.349. The van der Waals surface area contributed by atoms with Gasteiger partial charge in [0, 0.05) is 4.47 Å². The number of anilines is 1. The minimum Gasteiger partial charge on any atom is -0.268 e. The van der Waals surface area contributed by atoms with Crippen LogP contribution in [0.3, 0.4) is 0 Å². The number of aryl methyl sites for hydroxylation is 2. The number of imide groups is 1. The maximum atomic E-state index is 13.2. The molecular formula is C16H11BrFNO2. The lowest BCUT2D eigenvalue weighted by molar-refractivity contribution is 0.0925. The maximum absolute atomic E-state index is 13.2. The molecule has 0 spiro atoms. The molecule has 3 nitrogen and oxygen atoms in total. The number of benzene rings is 2. The Morgan fingerprint density at radius 1 is 0.952 bits per heavy atom. The molecular weight excluding hydrogens is 337 g/mol. The Kier molecular flexibility index (Phi) is 3.17. The number of carbonyl (C=O) groups is 2. The molecule has 1 heterocycles. The summed E-state index contributed by atoms with van der Waals surface area (Å²) in [6.07, 6.45) is 0. The molecule has 0 aromatic heterocycles.